The van der Waals surface area contributed by atoms with Gasteiger partial charge < -0.3 is 10.8 Å². The van der Waals surface area contributed by atoms with Gasteiger partial charge in [0.1, 0.15) is 5.75 Å². The molecular formula is C11H14ClNO. The van der Waals surface area contributed by atoms with Gasteiger partial charge in [-0.1, -0.05) is 17.7 Å². The van der Waals surface area contributed by atoms with Crippen LogP contribution in [0.15, 0.2) is 12.1 Å². The average molecular weight is 212 g/mol. The summed E-state index contributed by atoms with van der Waals surface area (Å²) in [7, 11) is 0. The molecule has 14 heavy (non-hydrogen) atoms. The van der Waals surface area contributed by atoms with Crippen LogP contribution >= 0.6 is 11.6 Å². The van der Waals surface area contributed by atoms with Gasteiger partial charge in [0.15, 0.2) is 0 Å². The molecule has 1 aromatic rings. The lowest BCUT2D eigenvalue weighted by atomic mass is 9.91. The molecule has 76 valence electrons. The van der Waals surface area contributed by atoms with Crippen LogP contribution in [-0.4, -0.2) is 11.7 Å². The van der Waals surface area contributed by atoms with Gasteiger partial charge in [0.05, 0.1) is 5.02 Å². The summed E-state index contributed by atoms with van der Waals surface area (Å²) in [6.45, 7) is 2.57. The van der Waals surface area contributed by atoms with Gasteiger partial charge in [0, 0.05) is 17.5 Å². The Morgan fingerprint density at radius 3 is 2.64 bits per heavy atom. The Morgan fingerprint density at radius 2 is 2.14 bits per heavy atom. The average Bonchev–Trinajstić information content (AvgIpc) is 2.93. The third kappa shape index (κ3) is 1.30. The minimum absolute atomic E-state index is 0.000926. The van der Waals surface area contributed by atoms with Gasteiger partial charge in [-0.3, -0.25) is 0 Å². The Hall–Kier alpha value is -0.730. The number of halogens is 1. The largest absolute Gasteiger partial charge is 0.506 e. The van der Waals surface area contributed by atoms with Gasteiger partial charge in [0.25, 0.3) is 0 Å². The zero-order chi connectivity index (χ0) is 10.3. The van der Waals surface area contributed by atoms with Crippen molar-refractivity contribution in [3.63, 3.8) is 0 Å². The van der Waals surface area contributed by atoms with E-state index >= 15 is 0 Å². The number of benzene rings is 1. The van der Waals surface area contributed by atoms with Crippen molar-refractivity contribution in [1.82, 2.24) is 0 Å². The number of phenolic OH excluding ortho intramolecular Hbond substituents is 1. The van der Waals surface area contributed by atoms with Crippen molar-refractivity contribution in [2.24, 2.45) is 5.73 Å². The standard InChI is InChI=1S/C11H14ClNO/c1-7-2-3-8(12)10(14)9(7)11(6-13)4-5-11/h2-3,14H,4-6,13H2,1H3. The number of aryl methyl sites for hydroxylation is 1. The maximum Gasteiger partial charge on any atom is 0.138 e. The van der Waals surface area contributed by atoms with Crippen molar-refractivity contribution in [2.45, 2.75) is 25.2 Å². The molecule has 1 aromatic carbocycles. The molecule has 1 aliphatic rings. The predicted octanol–water partition coefficient (Wildman–Crippen LogP) is 2.34. The number of aromatic hydroxyl groups is 1. The molecule has 0 amide bonds. The van der Waals surface area contributed by atoms with Crippen molar-refractivity contribution in [3.05, 3.63) is 28.3 Å². The summed E-state index contributed by atoms with van der Waals surface area (Å²) in [4.78, 5) is 0. The van der Waals surface area contributed by atoms with Crippen LogP contribution in [0.5, 0.6) is 5.75 Å². The molecule has 2 rings (SSSR count). The van der Waals surface area contributed by atoms with E-state index in [1.807, 2.05) is 13.0 Å². The highest BCUT2D eigenvalue weighted by molar-refractivity contribution is 6.32. The molecule has 3 heteroatoms. The van der Waals surface area contributed by atoms with E-state index in [4.69, 9.17) is 17.3 Å². The monoisotopic (exact) mass is 211 g/mol. The minimum Gasteiger partial charge on any atom is -0.506 e. The second-order valence-corrected chi connectivity index (χ2v) is 4.48. The smallest absolute Gasteiger partial charge is 0.138 e. The van der Waals surface area contributed by atoms with Crippen molar-refractivity contribution < 1.29 is 5.11 Å². The summed E-state index contributed by atoms with van der Waals surface area (Å²) in [6, 6.07) is 3.66. The first kappa shape index (κ1) is 9.81. The maximum atomic E-state index is 9.90. The van der Waals surface area contributed by atoms with E-state index in [0.717, 1.165) is 24.0 Å². The van der Waals surface area contributed by atoms with E-state index in [1.54, 1.807) is 6.07 Å². The first-order chi connectivity index (χ1) is 6.60. The molecular weight excluding hydrogens is 198 g/mol. The van der Waals surface area contributed by atoms with Gasteiger partial charge in [0.2, 0.25) is 0 Å². The van der Waals surface area contributed by atoms with Crippen molar-refractivity contribution >= 4 is 11.6 Å². The van der Waals surface area contributed by atoms with Crippen molar-refractivity contribution in [2.75, 3.05) is 6.54 Å². The lowest BCUT2D eigenvalue weighted by Crippen LogP contribution is -2.21. The molecule has 0 atom stereocenters. The summed E-state index contributed by atoms with van der Waals surface area (Å²) in [5.41, 5.74) is 7.76. The van der Waals surface area contributed by atoms with E-state index < -0.39 is 0 Å². The van der Waals surface area contributed by atoms with Gasteiger partial charge in [-0.25, -0.2) is 0 Å². The Bertz CT molecular complexity index is 372. The van der Waals surface area contributed by atoms with Crippen molar-refractivity contribution in [3.8, 4) is 5.75 Å². The molecule has 3 N–H and O–H groups in total. The predicted molar refractivity (Wildman–Crippen MR) is 57.8 cm³/mol. The van der Waals surface area contributed by atoms with Crippen LogP contribution in [0.25, 0.3) is 0 Å². The SMILES string of the molecule is Cc1ccc(Cl)c(O)c1C1(CN)CC1. The second kappa shape index (κ2) is 3.14. The molecule has 0 bridgehead atoms. The molecule has 0 aromatic heterocycles. The number of hydrogen-bond donors (Lipinski definition) is 2. The van der Waals surface area contributed by atoms with Gasteiger partial charge in [-0.05, 0) is 31.4 Å². The Kier molecular flexibility index (Phi) is 2.20. The van der Waals surface area contributed by atoms with Crippen LogP contribution in [0.1, 0.15) is 24.0 Å². The lowest BCUT2D eigenvalue weighted by Gasteiger charge is -2.18. The highest BCUT2D eigenvalue weighted by atomic mass is 35.5. The number of hydrogen-bond acceptors (Lipinski definition) is 2. The molecule has 0 heterocycles. The third-order valence-corrected chi connectivity index (χ3v) is 3.42. The third-order valence-electron chi connectivity index (χ3n) is 3.11. The fraction of sp³-hybridized carbons (Fsp3) is 0.455. The molecule has 1 aliphatic carbocycles. The summed E-state index contributed by atoms with van der Waals surface area (Å²) < 4.78 is 0. The topological polar surface area (TPSA) is 46.2 Å². The molecule has 0 unspecified atom stereocenters. The van der Waals surface area contributed by atoms with Crippen LogP contribution in [0.4, 0.5) is 0 Å². The molecule has 1 fully saturated rings. The van der Waals surface area contributed by atoms with E-state index in [9.17, 15) is 5.11 Å². The molecule has 0 aliphatic heterocycles. The second-order valence-electron chi connectivity index (χ2n) is 4.07. The Balaban J connectivity index is 2.57. The molecule has 0 radical (unpaired) electrons. The van der Waals surface area contributed by atoms with E-state index in [2.05, 4.69) is 0 Å². The first-order valence-corrected chi connectivity index (χ1v) is 5.17. The Morgan fingerprint density at radius 1 is 1.50 bits per heavy atom. The summed E-state index contributed by atoms with van der Waals surface area (Å²) >= 11 is 5.89. The summed E-state index contributed by atoms with van der Waals surface area (Å²) in [5.74, 6) is 0.217. The fourth-order valence-electron chi connectivity index (χ4n) is 2.04. The van der Waals surface area contributed by atoms with Crippen LogP contribution in [0.2, 0.25) is 5.02 Å². The highest BCUT2D eigenvalue weighted by Gasteiger charge is 2.45. The van der Waals surface area contributed by atoms with Crippen LogP contribution in [0.3, 0.4) is 0 Å². The zero-order valence-corrected chi connectivity index (χ0v) is 8.93. The minimum atomic E-state index is -0.000926. The zero-order valence-electron chi connectivity index (χ0n) is 8.18. The highest BCUT2D eigenvalue weighted by Crippen LogP contribution is 2.52. The fourth-order valence-corrected chi connectivity index (χ4v) is 2.20. The summed E-state index contributed by atoms with van der Waals surface area (Å²) in [6.07, 6.45) is 2.11. The lowest BCUT2D eigenvalue weighted by molar-refractivity contribution is 0.458. The molecule has 0 spiro atoms. The van der Waals surface area contributed by atoms with Gasteiger partial charge in [-0.15, -0.1) is 0 Å². The van der Waals surface area contributed by atoms with E-state index in [0.29, 0.717) is 11.6 Å². The van der Waals surface area contributed by atoms with Crippen LogP contribution in [-0.2, 0) is 5.41 Å². The van der Waals surface area contributed by atoms with Crippen LogP contribution in [0, 0.1) is 6.92 Å². The maximum absolute atomic E-state index is 9.90. The number of rotatable bonds is 2. The van der Waals surface area contributed by atoms with Gasteiger partial charge in [-0.2, -0.15) is 0 Å². The molecule has 1 saturated carbocycles. The van der Waals surface area contributed by atoms with E-state index in [-0.39, 0.29) is 11.2 Å². The normalized spacial score (nSPS) is 18.2. The van der Waals surface area contributed by atoms with Crippen LogP contribution < -0.4 is 5.73 Å². The molecule has 0 saturated heterocycles. The number of phenols is 1. The Labute approximate surface area is 88.7 Å². The van der Waals surface area contributed by atoms with Crippen molar-refractivity contribution in [1.29, 1.82) is 0 Å². The van der Waals surface area contributed by atoms with E-state index in [1.165, 1.54) is 0 Å². The number of nitrogens with two attached hydrogens (primary N) is 1. The first-order valence-electron chi connectivity index (χ1n) is 4.79. The summed E-state index contributed by atoms with van der Waals surface area (Å²) in [5, 5.41) is 10.3. The quantitative estimate of drug-likeness (QED) is 0.789. The van der Waals surface area contributed by atoms with Gasteiger partial charge >= 0.3 is 0 Å². The molecule has 2 nitrogen and oxygen atoms in total.